The second-order valence-corrected chi connectivity index (χ2v) is 10.0. The second kappa shape index (κ2) is 15.8. The van der Waals surface area contributed by atoms with Gasteiger partial charge >= 0.3 is 0 Å². The van der Waals surface area contributed by atoms with Crippen molar-refractivity contribution in [2.45, 2.75) is 122 Å². The molecule has 2 saturated carbocycles. The van der Waals surface area contributed by atoms with Gasteiger partial charge in [-0.3, -0.25) is 0 Å². The molecule has 0 saturated heterocycles. The quantitative estimate of drug-likeness (QED) is 0.173. The average Bonchev–Trinajstić information content (AvgIpc) is 2.76. The maximum absolute atomic E-state index is 8.47. The van der Waals surface area contributed by atoms with E-state index in [4.69, 9.17) is 5.26 Å². The van der Waals surface area contributed by atoms with Gasteiger partial charge in [0.15, 0.2) is 0 Å². The third-order valence-electron chi connectivity index (χ3n) is 7.79. The highest BCUT2D eigenvalue weighted by atomic mass is 14.3. The second-order valence-electron chi connectivity index (χ2n) is 10.0. The zero-order valence-electron chi connectivity index (χ0n) is 19.3. The van der Waals surface area contributed by atoms with Crippen molar-refractivity contribution in [2.24, 2.45) is 23.7 Å². The molecule has 0 heterocycles. The van der Waals surface area contributed by atoms with Crippen LogP contribution < -0.4 is 0 Å². The zero-order valence-corrected chi connectivity index (χ0v) is 19.3. The van der Waals surface area contributed by atoms with Crippen molar-refractivity contribution >= 4 is 0 Å². The van der Waals surface area contributed by atoms with Crippen molar-refractivity contribution in [1.29, 1.82) is 5.26 Å². The van der Waals surface area contributed by atoms with E-state index in [-0.39, 0.29) is 0 Å². The summed E-state index contributed by atoms with van der Waals surface area (Å²) in [5.74, 6) is 4.09. The molecular formula is C28H47N. The van der Waals surface area contributed by atoms with Crippen LogP contribution in [0.1, 0.15) is 122 Å². The summed E-state index contributed by atoms with van der Waals surface area (Å²) in [5.41, 5.74) is 0. The van der Waals surface area contributed by atoms with Crippen LogP contribution in [-0.4, -0.2) is 0 Å². The summed E-state index contributed by atoms with van der Waals surface area (Å²) in [6, 6.07) is 2.03. The minimum atomic E-state index is 0.948. The first-order valence-corrected chi connectivity index (χ1v) is 13.0. The van der Waals surface area contributed by atoms with E-state index >= 15 is 0 Å². The number of rotatable bonds is 13. The molecule has 0 aromatic carbocycles. The van der Waals surface area contributed by atoms with Crippen LogP contribution in [0.5, 0.6) is 0 Å². The molecule has 164 valence electrons. The van der Waals surface area contributed by atoms with Crippen LogP contribution in [0.15, 0.2) is 24.3 Å². The summed E-state index contributed by atoms with van der Waals surface area (Å²) in [6.07, 6.45) is 33.9. The van der Waals surface area contributed by atoms with Gasteiger partial charge < -0.3 is 0 Å². The van der Waals surface area contributed by atoms with Crippen molar-refractivity contribution in [3.63, 3.8) is 0 Å². The summed E-state index contributed by atoms with van der Waals surface area (Å²) in [4.78, 5) is 0. The molecule has 1 nitrogen and oxygen atoms in total. The van der Waals surface area contributed by atoms with Gasteiger partial charge in [0, 0.05) is 6.08 Å². The van der Waals surface area contributed by atoms with Gasteiger partial charge in [0.05, 0.1) is 6.07 Å². The Labute approximate surface area is 182 Å². The molecule has 0 spiro atoms. The summed E-state index contributed by atoms with van der Waals surface area (Å²) in [6.45, 7) is 2.31. The van der Waals surface area contributed by atoms with Gasteiger partial charge in [0.25, 0.3) is 0 Å². The normalized spacial score (nSPS) is 28.1. The minimum absolute atomic E-state index is 0.948. The third kappa shape index (κ3) is 11.1. The van der Waals surface area contributed by atoms with Gasteiger partial charge in [-0.15, -0.1) is 0 Å². The fraction of sp³-hybridized carbons (Fsp3) is 0.821. The van der Waals surface area contributed by atoms with Crippen LogP contribution in [0.4, 0.5) is 0 Å². The first-order chi connectivity index (χ1) is 14.3. The molecule has 0 aliphatic heterocycles. The SMILES string of the molecule is CCCCCCC[C@H]1CC[C@H](CC[C@H]2CC[C@H](CC/C=C/C=C/C#N)CC2)CC1. The van der Waals surface area contributed by atoms with E-state index in [1.54, 1.807) is 6.08 Å². The Morgan fingerprint density at radius 3 is 1.72 bits per heavy atom. The number of nitrogens with zero attached hydrogens (tertiary/aromatic N) is 1. The molecule has 0 atom stereocenters. The highest BCUT2D eigenvalue weighted by Crippen LogP contribution is 2.38. The van der Waals surface area contributed by atoms with Crippen LogP contribution in [0.3, 0.4) is 0 Å². The minimum Gasteiger partial charge on any atom is -0.193 e. The van der Waals surface area contributed by atoms with E-state index in [2.05, 4.69) is 13.0 Å². The number of hydrogen-bond acceptors (Lipinski definition) is 1. The molecule has 2 rings (SSSR count). The first-order valence-electron chi connectivity index (χ1n) is 13.0. The van der Waals surface area contributed by atoms with Gasteiger partial charge in [-0.05, 0) is 36.5 Å². The first kappa shape index (κ1) is 24.2. The van der Waals surface area contributed by atoms with E-state index < -0.39 is 0 Å². The number of allylic oxidation sites excluding steroid dienone is 4. The van der Waals surface area contributed by atoms with Crippen LogP contribution in [0.2, 0.25) is 0 Å². The fourth-order valence-electron chi connectivity index (χ4n) is 5.73. The van der Waals surface area contributed by atoms with Gasteiger partial charge in [0.1, 0.15) is 0 Å². The number of unbranched alkanes of at least 4 members (excludes halogenated alkanes) is 4. The standard InChI is InChI=1S/C28H47N/c1-2-3-4-6-9-12-25-14-18-27(19-15-25)22-23-28-20-16-26(17-21-28)13-10-7-5-8-11-24-29/h5,7-8,11,25-28H,2-4,6,9-10,12-23H2,1H3/b7-5+,11-8+/t25-,26-,27-,28-. The topological polar surface area (TPSA) is 23.8 Å². The maximum Gasteiger partial charge on any atom is 0.0912 e. The molecule has 2 aliphatic carbocycles. The fourth-order valence-corrected chi connectivity index (χ4v) is 5.73. The molecular weight excluding hydrogens is 350 g/mol. The predicted octanol–water partition coefficient (Wildman–Crippen LogP) is 9.16. The molecule has 2 aliphatic rings. The highest BCUT2D eigenvalue weighted by Gasteiger charge is 2.24. The van der Waals surface area contributed by atoms with Crippen LogP contribution in [-0.2, 0) is 0 Å². The van der Waals surface area contributed by atoms with Gasteiger partial charge in [-0.1, -0.05) is 128 Å². The van der Waals surface area contributed by atoms with Crippen molar-refractivity contribution in [1.82, 2.24) is 0 Å². The molecule has 0 aromatic heterocycles. The molecule has 0 amide bonds. The summed E-state index contributed by atoms with van der Waals surface area (Å²) < 4.78 is 0. The lowest BCUT2D eigenvalue weighted by Crippen LogP contribution is -2.18. The molecule has 0 unspecified atom stereocenters. The van der Waals surface area contributed by atoms with Crippen molar-refractivity contribution < 1.29 is 0 Å². The van der Waals surface area contributed by atoms with Gasteiger partial charge in [-0.25, -0.2) is 0 Å². The monoisotopic (exact) mass is 397 g/mol. The van der Waals surface area contributed by atoms with Crippen LogP contribution in [0.25, 0.3) is 0 Å². The number of nitriles is 1. The van der Waals surface area contributed by atoms with E-state index in [9.17, 15) is 0 Å². The molecule has 2 fully saturated rings. The number of hydrogen-bond donors (Lipinski definition) is 0. The largest absolute Gasteiger partial charge is 0.193 e. The maximum atomic E-state index is 8.47. The summed E-state index contributed by atoms with van der Waals surface area (Å²) in [5, 5.41) is 8.47. The zero-order chi connectivity index (χ0) is 20.6. The lowest BCUT2D eigenvalue weighted by Gasteiger charge is -2.32. The average molecular weight is 398 g/mol. The predicted molar refractivity (Wildman–Crippen MR) is 127 cm³/mol. The van der Waals surface area contributed by atoms with Crippen LogP contribution in [0, 0.1) is 35.0 Å². The Morgan fingerprint density at radius 1 is 0.655 bits per heavy atom. The molecule has 0 aromatic rings. The Morgan fingerprint density at radius 2 is 1.17 bits per heavy atom. The Bertz CT molecular complexity index is 481. The summed E-state index contributed by atoms with van der Waals surface area (Å²) >= 11 is 0. The van der Waals surface area contributed by atoms with E-state index in [1.165, 1.54) is 116 Å². The van der Waals surface area contributed by atoms with Crippen LogP contribution >= 0.6 is 0 Å². The van der Waals surface area contributed by atoms with Gasteiger partial charge in [0.2, 0.25) is 0 Å². The Balaban J connectivity index is 1.47. The molecule has 0 radical (unpaired) electrons. The molecule has 0 bridgehead atoms. The lowest BCUT2D eigenvalue weighted by molar-refractivity contribution is 0.208. The highest BCUT2D eigenvalue weighted by molar-refractivity contribution is 5.11. The van der Waals surface area contributed by atoms with Crippen molar-refractivity contribution in [2.75, 3.05) is 0 Å². The smallest absolute Gasteiger partial charge is 0.0912 e. The van der Waals surface area contributed by atoms with E-state index in [0.29, 0.717) is 0 Å². The van der Waals surface area contributed by atoms with Crippen molar-refractivity contribution in [3.8, 4) is 6.07 Å². The molecule has 29 heavy (non-hydrogen) atoms. The van der Waals surface area contributed by atoms with E-state index in [1.807, 2.05) is 18.2 Å². The van der Waals surface area contributed by atoms with Crippen molar-refractivity contribution in [3.05, 3.63) is 24.3 Å². The third-order valence-corrected chi connectivity index (χ3v) is 7.79. The molecule has 1 heteroatoms. The van der Waals surface area contributed by atoms with E-state index in [0.717, 1.165) is 23.7 Å². The Hall–Kier alpha value is -1.03. The lowest BCUT2D eigenvalue weighted by atomic mass is 9.74. The van der Waals surface area contributed by atoms with Gasteiger partial charge in [-0.2, -0.15) is 5.26 Å². The summed E-state index contributed by atoms with van der Waals surface area (Å²) in [7, 11) is 0. The molecule has 0 N–H and O–H groups in total. The Kier molecular flexibility index (Phi) is 13.2.